The van der Waals surface area contributed by atoms with Gasteiger partial charge in [0.25, 0.3) is 0 Å². The lowest BCUT2D eigenvalue weighted by Gasteiger charge is -2.19. The predicted molar refractivity (Wildman–Crippen MR) is 84.2 cm³/mol. The van der Waals surface area contributed by atoms with Crippen molar-refractivity contribution in [2.24, 2.45) is 0 Å². The number of rotatable bonds is 6. The number of hydrogen-bond donors (Lipinski definition) is 1. The highest BCUT2D eigenvalue weighted by Gasteiger charge is 2.19. The van der Waals surface area contributed by atoms with Gasteiger partial charge in [-0.3, -0.25) is 4.68 Å². The van der Waals surface area contributed by atoms with Crippen LogP contribution in [0.2, 0.25) is 5.02 Å². The van der Waals surface area contributed by atoms with Gasteiger partial charge in [-0.1, -0.05) is 42.8 Å². The standard InChI is InChI=1S/C16H22ClN3/c1-4-9-20-16(14(17)11-19-20)15(18-3)10-13-8-6-5-7-12(13)2/h5-8,11,15,18H,4,9-10H2,1-3H3. The van der Waals surface area contributed by atoms with Crippen LogP contribution < -0.4 is 5.32 Å². The number of hydrogen-bond acceptors (Lipinski definition) is 2. The molecule has 0 fully saturated rings. The van der Waals surface area contributed by atoms with Crippen LogP contribution in [0.25, 0.3) is 0 Å². The van der Waals surface area contributed by atoms with Crippen molar-refractivity contribution in [3.63, 3.8) is 0 Å². The van der Waals surface area contributed by atoms with Crippen LogP contribution in [0.4, 0.5) is 0 Å². The highest BCUT2D eigenvalue weighted by molar-refractivity contribution is 6.31. The predicted octanol–water partition coefficient (Wildman–Crippen LogP) is 3.76. The first-order valence-electron chi connectivity index (χ1n) is 7.10. The van der Waals surface area contributed by atoms with Gasteiger partial charge in [0.2, 0.25) is 0 Å². The van der Waals surface area contributed by atoms with Crippen LogP contribution in [0.3, 0.4) is 0 Å². The summed E-state index contributed by atoms with van der Waals surface area (Å²) in [7, 11) is 1.97. The Hall–Kier alpha value is -1.32. The Morgan fingerprint density at radius 1 is 1.35 bits per heavy atom. The van der Waals surface area contributed by atoms with Gasteiger partial charge >= 0.3 is 0 Å². The molecule has 1 N–H and O–H groups in total. The number of nitrogens with one attached hydrogen (secondary N) is 1. The maximum atomic E-state index is 6.34. The summed E-state index contributed by atoms with van der Waals surface area (Å²) in [5, 5.41) is 8.50. The molecule has 20 heavy (non-hydrogen) atoms. The van der Waals surface area contributed by atoms with E-state index in [-0.39, 0.29) is 6.04 Å². The molecule has 1 atom stereocenters. The fourth-order valence-corrected chi connectivity index (χ4v) is 2.78. The molecule has 1 heterocycles. The minimum absolute atomic E-state index is 0.178. The van der Waals surface area contributed by atoms with Crippen molar-refractivity contribution >= 4 is 11.6 Å². The second-order valence-corrected chi connectivity index (χ2v) is 5.48. The van der Waals surface area contributed by atoms with Crippen LogP contribution in [0.15, 0.2) is 30.5 Å². The third-order valence-electron chi connectivity index (χ3n) is 3.63. The zero-order valence-corrected chi connectivity index (χ0v) is 13.1. The normalized spacial score (nSPS) is 12.6. The van der Waals surface area contributed by atoms with E-state index in [1.807, 2.05) is 11.7 Å². The summed E-state index contributed by atoms with van der Waals surface area (Å²) in [5.74, 6) is 0. The summed E-state index contributed by atoms with van der Waals surface area (Å²) in [6.45, 7) is 5.19. The largest absolute Gasteiger partial charge is 0.311 e. The van der Waals surface area contributed by atoms with E-state index < -0.39 is 0 Å². The van der Waals surface area contributed by atoms with E-state index in [1.165, 1.54) is 11.1 Å². The molecule has 0 aliphatic rings. The zero-order valence-electron chi connectivity index (χ0n) is 12.4. The molecule has 0 aliphatic heterocycles. The van der Waals surface area contributed by atoms with E-state index in [2.05, 4.69) is 48.5 Å². The topological polar surface area (TPSA) is 29.9 Å². The minimum atomic E-state index is 0.178. The Balaban J connectivity index is 2.29. The Bertz CT molecular complexity index is 563. The molecule has 0 amide bonds. The lowest BCUT2D eigenvalue weighted by molar-refractivity contribution is 0.496. The number of benzene rings is 1. The van der Waals surface area contributed by atoms with Crippen LogP contribution in [0.5, 0.6) is 0 Å². The molecule has 1 aromatic carbocycles. The number of nitrogens with zero attached hydrogens (tertiary/aromatic N) is 2. The van der Waals surface area contributed by atoms with E-state index in [0.717, 1.165) is 30.1 Å². The minimum Gasteiger partial charge on any atom is -0.311 e. The zero-order chi connectivity index (χ0) is 14.5. The smallest absolute Gasteiger partial charge is 0.0834 e. The molecule has 1 aromatic heterocycles. The number of halogens is 1. The molecular formula is C16H22ClN3. The average Bonchev–Trinajstić information content (AvgIpc) is 2.80. The fraction of sp³-hybridized carbons (Fsp3) is 0.438. The first kappa shape index (κ1) is 15.1. The third-order valence-corrected chi connectivity index (χ3v) is 3.92. The van der Waals surface area contributed by atoms with Crippen molar-refractivity contribution in [1.29, 1.82) is 0 Å². The Kier molecular flexibility index (Phi) is 5.21. The van der Waals surface area contributed by atoms with Gasteiger partial charge in [0.05, 0.1) is 23.0 Å². The molecule has 1 unspecified atom stereocenters. The van der Waals surface area contributed by atoms with Gasteiger partial charge in [0.1, 0.15) is 0 Å². The first-order valence-corrected chi connectivity index (χ1v) is 7.48. The Morgan fingerprint density at radius 2 is 2.10 bits per heavy atom. The van der Waals surface area contributed by atoms with Crippen molar-refractivity contribution in [1.82, 2.24) is 15.1 Å². The van der Waals surface area contributed by atoms with Crippen LogP contribution >= 0.6 is 11.6 Å². The molecule has 0 bridgehead atoms. The van der Waals surface area contributed by atoms with Crippen LogP contribution in [-0.4, -0.2) is 16.8 Å². The van der Waals surface area contributed by atoms with Crippen molar-refractivity contribution in [2.45, 2.75) is 39.3 Å². The molecule has 4 heteroatoms. The van der Waals surface area contributed by atoms with Gasteiger partial charge in [0, 0.05) is 6.54 Å². The lowest BCUT2D eigenvalue weighted by atomic mass is 9.99. The molecular weight excluding hydrogens is 270 g/mol. The van der Waals surface area contributed by atoms with Gasteiger partial charge < -0.3 is 5.32 Å². The van der Waals surface area contributed by atoms with E-state index >= 15 is 0 Å². The maximum absolute atomic E-state index is 6.34. The van der Waals surface area contributed by atoms with Crippen LogP contribution in [-0.2, 0) is 13.0 Å². The van der Waals surface area contributed by atoms with Gasteiger partial charge in [-0.05, 0) is 37.9 Å². The molecule has 2 aromatic rings. The molecule has 0 aliphatic carbocycles. The van der Waals surface area contributed by atoms with Crippen molar-refractivity contribution in [2.75, 3.05) is 7.05 Å². The SMILES string of the molecule is CCCn1ncc(Cl)c1C(Cc1ccccc1C)NC. The van der Waals surface area contributed by atoms with Gasteiger partial charge in [-0.25, -0.2) is 0 Å². The van der Waals surface area contributed by atoms with Gasteiger partial charge in [-0.2, -0.15) is 5.10 Å². The second kappa shape index (κ2) is 6.91. The van der Waals surface area contributed by atoms with E-state index in [9.17, 15) is 0 Å². The summed E-state index contributed by atoms with van der Waals surface area (Å²) < 4.78 is 2.02. The van der Waals surface area contributed by atoms with Crippen molar-refractivity contribution in [3.05, 3.63) is 52.3 Å². The summed E-state index contributed by atoms with van der Waals surface area (Å²) >= 11 is 6.34. The highest BCUT2D eigenvalue weighted by atomic mass is 35.5. The van der Waals surface area contributed by atoms with E-state index in [0.29, 0.717) is 0 Å². The third kappa shape index (κ3) is 3.22. The molecule has 2 rings (SSSR count). The molecule has 0 saturated heterocycles. The number of aryl methyl sites for hydroxylation is 2. The highest BCUT2D eigenvalue weighted by Crippen LogP contribution is 2.26. The lowest BCUT2D eigenvalue weighted by Crippen LogP contribution is -2.23. The first-order chi connectivity index (χ1) is 9.67. The molecule has 108 valence electrons. The maximum Gasteiger partial charge on any atom is 0.0834 e. The number of aromatic nitrogens is 2. The van der Waals surface area contributed by atoms with Crippen LogP contribution in [0.1, 0.15) is 36.2 Å². The summed E-state index contributed by atoms with van der Waals surface area (Å²) in [6, 6.07) is 8.65. The molecule has 0 saturated carbocycles. The van der Waals surface area contributed by atoms with E-state index in [4.69, 9.17) is 11.6 Å². The summed E-state index contributed by atoms with van der Waals surface area (Å²) in [6.07, 6.45) is 3.71. The quantitative estimate of drug-likeness (QED) is 0.878. The molecule has 0 spiro atoms. The molecule has 3 nitrogen and oxygen atoms in total. The Labute approximate surface area is 126 Å². The van der Waals surface area contributed by atoms with Crippen LogP contribution in [0, 0.1) is 6.92 Å². The van der Waals surface area contributed by atoms with Gasteiger partial charge in [-0.15, -0.1) is 0 Å². The van der Waals surface area contributed by atoms with Crippen molar-refractivity contribution in [3.8, 4) is 0 Å². The number of likely N-dealkylation sites (N-methyl/N-ethyl adjacent to an activating group) is 1. The average molecular weight is 292 g/mol. The van der Waals surface area contributed by atoms with Crippen molar-refractivity contribution < 1.29 is 0 Å². The molecule has 0 radical (unpaired) electrons. The summed E-state index contributed by atoms with van der Waals surface area (Å²) in [4.78, 5) is 0. The van der Waals surface area contributed by atoms with Gasteiger partial charge in [0.15, 0.2) is 0 Å². The fourth-order valence-electron chi connectivity index (χ4n) is 2.50. The monoisotopic (exact) mass is 291 g/mol. The Morgan fingerprint density at radius 3 is 2.75 bits per heavy atom. The second-order valence-electron chi connectivity index (χ2n) is 5.07. The van der Waals surface area contributed by atoms with E-state index in [1.54, 1.807) is 6.20 Å². The summed E-state index contributed by atoms with van der Waals surface area (Å²) in [5.41, 5.74) is 3.73.